The monoisotopic (exact) mass is 231 g/mol. The van der Waals surface area contributed by atoms with Gasteiger partial charge in [-0.15, -0.1) is 0 Å². The Hall–Kier alpha value is -2.10. The predicted molar refractivity (Wildman–Crippen MR) is 67.2 cm³/mol. The molecular formula is C13H14FN3. The van der Waals surface area contributed by atoms with E-state index in [1.165, 1.54) is 12.1 Å². The Morgan fingerprint density at radius 1 is 1.29 bits per heavy atom. The SMILES string of the molecule is CN(Cc1cccc(F)c1)c1cncc(N)c1. The number of anilines is 2. The van der Waals surface area contributed by atoms with Gasteiger partial charge in [0, 0.05) is 19.8 Å². The summed E-state index contributed by atoms with van der Waals surface area (Å²) in [6.45, 7) is 0.614. The van der Waals surface area contributed by atoms with Crippen molar-refractivity contribution in [3.8, 4) is 0 Å². The van der Waals surface area contributed by atoms with Gasteiger partial charge >= 0.3 is 0 Å². The minimum atomic E-state index is -0.221. The first kappa shape index (κ1) is 11.4. The summed E-state index contributed by atoms with van der Waals surface area (Å²) in [5, 5.41) is 0. The quantitative estimate of drug-likeness (QED) is 0.882. The molecule has 2 N–H and O–H groups in total. The van der Waals surface area contributed by atoms with Crippen molar-refractivity contribution in [3.63, 3.8) is 0 Å². The normalized spacial score (nSPS) is 10.2. The number of nitrogens with zero attached hydrogens (tertiary/aromatic N) is 2. The van der Waals surface area contributed by atoms with E-state index in [0.717, 1.165) is 11.3 Å². The van der Waals surface area contributed by atoms with Crippen LogP contribution in [0.2, 0.25) is 0 Å². The third kappa shape index (κ3) is 2.93. The van der Waals surface area contributed by atoms with Crippen LogP contribution in [-0.4, -0.2) is 12.0 Å². The molecule has 0 spiro atoms. The van der Waals surface area contributed by atoms with Gasteiger partial charge in [0.1, 0.15) is 5.82 Å². The first-order valence-corrected chi connectivity index (χ1v) is 5.31. The second kappa shape index (κ2) is 4.82. The third-order valence-electron chi connectivity index (χ3n) is 2.49. The van der Waals surface area contributed by atoms with Gasteiger partial charge in [-0.3, -0.25) is 4.98 Å². The molecular weight excluding hydrogens is 217 g/mol. The topological polar surface area (TPSA) is 42.2 Å². The molecule has 0 atom stereocenters. The lowest BCUT2D eigenvalue weighted by Crippen LogP contribution is -2.16. The summed E-state index contributed by atoms with van der Waals surface area (Å²) >= 11 is 0. The smallest absolute Gasteiger partial charge is 0.123 e. The van der Waals surface area contributed by atoms with Crippen LogP contribution >= 0.6 is 0 Å². The molecule has 0 radical (unpaired) electrons. The van der Waals surface area contributed by atoms with Crippen molar-refractivity contribution in [3.05, 3.63) is 54.1 Å². The van der Waals surface area contributed by atoms with Crippen molar-refractivity contribution in [1.29, 1.82) is 0 Å². The number of aromatic nitrogens is 1. The highest BCUT2D eigenvalue weighted by atomic mass is 19.1. The summed E-state index contributed by atoms with van der Waals surface area (Å²) in [7, 11) is 1.92. The Morgan fingerprint density at radius 3 is 2.82 bits per heavy atom. The Balaban J connectivity index is 2.14. The highest BCUT2D eigenvalue weighted by Crippen LogP contribution is 2.17. The van der Waals surface area contributed by atoms with Crippen molar-refractivity contribution in [1.82, 2.24) is 4.98 Å². The Labute approximate surface area is 99.7 Å². The fourth-order valence-corrected chi connectivity index (χ4v) is 1.65. The highest BCUT2D eigenvalue weighted by molar-refractivity contribution is 5.53. The molecule has 0 saturated carbocycles. The molecule has 0 amide bonds. The van der Waals surface area contributed by atoms with Crippen LogP contribution in [0.25, 0.3) is 0 Å². The van der Waals surface area contributed by atoms with E-state index in [2.05, 4.69) is 4.98 Å². The van der Waals surface area contributed by atoms with Crippen LogP contribution < -0.4 is 10.6 Å². The number of nitrogen functional groups attached to an aromatic ring is 1. The molecule has 2 rings (SSSR count). The number of benzene rings is 1. The van der Waals surface area contributed by atoms with Crippen molar-refractivity contribution < 1.29 is 4.39 Å². The number of nitrogens with two attached hydrogens (primary N) is 1. The van der Waals surface area contributed by atoms with E-state index in [4.69, 9.17) is 5.73 Å². The predicted octanol–water partition coefficient (Wildman–Crippen LogP) is 2.44. The van der Waals surface area contributed by atoms with E-state index in [1.807, 2.05) is 24.1 Å². The first-order chi connectivity index (χ1) is 8.15. The molecule has 0 aliphatic carbocycles. The summed E-state index contributed by atoms with van der Waals surface area (Å²) in [5.74, 6) is -0.221. The molecule has 1 aromatic heterocycles. The van der Waals surface area contributed by atoms with Crippen molar-refractivity contribution in [2.75, 3.05) is 17.7 Å². The maximum absolute atomic E-state index is 13.0. The van der Waals surface area contributed by atoms with Crippen molar-refractivity contribution in [2.45, 2.75) is 6.54 Å². The Morgan fingerprint density at radius 2 is 2.12 bits per heavy atom. The average Bonchev–Trinajstić information content (AvgIpc) is 2.29. The molecule has 17 heavy (non-hydrogen) atoms. The van der Waals surface area contributed by atoms with Gasteiger partial charge in [-0.25, -0.2) is 4.39 Å². The van der Waals surface area contributed by atoms with Gasteiger partial charge in [-0.1, -0.05) is 12.1 Å². The van der Waals surface area contributed by atoms with Crippen molar-refractivity contribution in [2.24, 2.45) is 0 Å². The van der Waals surface area contributed by atoms with Crippen LogP contribution in [0.5, 0.6) is 0 Å². The second-order valence-corrected chi connectivity index (χ2v) is 3.96. The number of halogens is 1. The molecule has 4 heteroatoms. The van der Waals surface area contributed by atoms with Gasteiger partial charge < -0.3 is 10.6 Å². The van der Waals surface area contributed by atoms with Crippen LogP contribution in [0.3, 0.4) is 0 Å². The van der Waals surface area contributed by atoms with Gasteiger partial charge in [-0.2, -0.15) is 0 Å². The summed E-state index contributed by atoms with van der Waals surface area (Å²) < 4.78 is 13.0. The lowest BCUT2D eigenvalue weighted by atomic mass is 10.2. The van der Waals surface area contributed by atoms with E-state index in [1.54, 1.807) is 18.5 Å². The molecule has 0 aliphatic rings. The zero-order valence-corrected chi connectivity index (χ0v) is 9.60. The molecule has 88 valence electrons. The molecule has 1 aromatic carbocycles. The van der Waals surface area contributed by atoms with E-state index in [9.17, 15) is 4.39 Å². The van der Waals surface area contributed by atoms with Gasteiger partial charge in [0.2, 0.25) is 0 Å². The Bertz CT molecular complexity index is 514. The maximum Gasteiger partial charge on any atom is 0.123 e. The standard InChI is InChI=1S/C13H14FN3/c1-17(13-6-12(15)7-16-8-13)9-10-3-2-4-11(14)5-10/h2-8H,9,15H2,1H3. The van der Waals surface area contributed by atoms with Crippen molar-refractivity contribution >= 4 is 11.4 Å². The van der Waals surface area contributed by atoms with Crippen LogP contribution in [0.4, 0.5) is 15.8 Å². The minimum Gasteiger partial charge on any atom is -0.397 e. The molecule has 0 saturated heterocycles. The Kier molecular flexibility index (Phi) is 3.23. The lowest BCUT2D eigenvalue weighted by Gasteiger charge is -2.19. The molecule has 3 nitrogen and oxygen atoms in total. The highest BCUT2D eigenvalue weighted by Gasteiger charge is 2.03. The average molecular weight is 231 g/mol. The molecule has 2 aromatic rings. The zero-order valence-electron chi connectivity index (χ0n) is 9.60. The first-order valence-electron chi connectivity index (χ1n) is 5.31. The van der Waals surface area contributed by atoms with E-state index >= 15 is 0 Å². The van der Waals surface area contributed by atoms with Crippen LogP contribution in [0.1, 0.15) is 5.56 Å². The fraction of sp³-hybridized carbons (Fsp3) is 0.154. The maximum atomic E-state index is 13.0. The summed E-state index contributed by atoms with van der Waals surface area (Å²) in [6, 6.07) is 8.39. The van der Waals surface area contributed by atoms with E-state index in [-0.39, 0.29) is 5.82 Å². The second-order valence-electron chi connectivity index (χ2n) is 3.96. The number of hydrogen-bond donors (Lipinski definition) is 1. The fourth-order valence-electron chi connectivity index (χ4n) is 1.65. The number of pyridine rings is 1. The molecule has 0 aliphatic heterocycles. The lowest BCUT2D eigenvalue weighted by molar-refractivity contribution is 0.625. The summed E-state index contributed by atoms with van der Waals surface area (Å²) in [6.07, 6.45) is 3.33. The van der Waals surface area contributed by atoms with Crippen LogP contribution in [0.15, 0.2) is 42.7 Å². The summed E-state index contributed by atoms with van der Waals surface area (Å²) in [4.78, 5) is 5.99. The van der Waals surface area contributed by atoms with Gasteiger partial charge in [0.25, 0.3) is 0 Å². The molecule has 0 unspecified atom stereocenters. The zero-order chi connectivity index (χ0) is 12.3. The van der Waals surface area contributed by atoms with E-state index in [0.29, 0.717) is 12.2 Å². The number of rotatable bonds is 3. The number of hydrogen-bond acceptors (Lipinski definition) is 3. The van der Waals surface area contributed by atoms with E-state index < -0.39 is 0 Å². The van der Waals surface area contributed by atoms with Crippen LogP contribution in [0, 0.1) is 5.82 Å². The third-order valence-corrected chi connectivity index (χ3v) is 2.49. The largest absolute Gasteiger partial charge is 0.397 e. The van der Waals surface area contributed by atoms with Gasteiger partial charge in [-0.05, 0) is 23.8 Å². The minimum absolute atomic E-state index is 0.221. The molecule has 0 fully saturated rings. The van der Waals surface area contributed by atoms with Gasteiger partial charge in [0.15, 0.2) is 0 Å². The molecule has 0 bridgehead atoms. The molecule has 1 heterocycles. The van der Waals surface area contributed by atoms with Crippen LogP contribution in [-0.2, 0) is 6.54 Å². The van der Waals surface area contributed by atoms with Gasteiger partial charge in [0.05, 0.1) is 17.6 Å². The summed E-state index contributed by atoms with van der Waals surface area (Å²) in [5.41, 5.74) is 8.11.